The summed E-state index contributed by atoms with van der Waals surface area (Å²) in [6.45, 7) is 2.62. The van der Waals surface area contributed by atoms with Gasteiger partial charge >= 0.3 is 0 Å². The van der Waals surface area contributed by atoms with Crippen LogP contribution in [0.25, 0.3) is 0 Å². The Bertz CT molecular complexity index is 783. The molecule has 0 bridgehead atoms. The topological polar surface area (TPSA) is 69.6 Å². The van der Waals surface area contributed by atoms with E-state index >= 15 is 0 Å². The van der Waals surface area contributed by atoms with Crippen LogP contribution in [0, 0.1) is 6.07 Å². The monoisotopic (exact) mass is 478 g/mol. The average molecular weight is 478 g/mol. The van der Waals surface area contributed by atoms with Crippen molar-refractivity contribution in [3.05, 3.63) is 65.7 Å². The molecule has 2 N–H and O–H groups in total. The van der Waals surface area contributed by atoms with E-state index in [1.165, 1.54) is 16.2 Å². The molecule has 0 aromatic heterocycles. The molecule has 2 aromatic rings. The molecule has 0 saturated heterocycles. The first-order chi connectivity index (χ1) is 12.9. The van der Waals surface area contributed by atoms with Crippen molar-refractivity contribution in [3.63, 3.8) is 0 Å². The predicted molar refractivity (Wildman–Crippen MR) is 110 cm³/mol. The SMILES string of the molecule is CCCCC(O)c1ccc(N(NCCCc2c[c-]ccc2)S(C)(=O)=O)cc1.[Y]. The molecule has 28 heavy (non-hydrogen) atoms. The van der Waals surface area contributed by atoms with Crippen LogP contribution >= 0.6 is 0 Å². The number of aliphatic hydroxyl groups is 1. The number of hydrazine groups is 1. The van der Waals surface area contributed by atoms with Gasteiger partial charge in [0.05, 0.1) is 18.0 Å². The molecular formula is C21H29N2O3SY-. The van der Waals surface area contributed by atoms with Crippen molar-refractivity contribution < 1.29 is 46.2 Å². The van der Waals surface area contributed by atoms with E-state index in [1.807, 2.05) is 24.3 Å². The molecule has 0 fully saturated rings. The number of nitrogens with one attached hydrogen (secondary N) is 1. The fraction of sp³-hybridized carbons (Fsp3) is 0.429. The van der Waals surface area contributed by atoms with E-state index in [4.69, 9.17) is 0 Å². The normalized spacial score (nSPS) is 12.2. The molecule has 0 amide bonds. The van der Waals surface area contributed by atoms with Crippen LogP contribution < -0.4 is 9.84 Å². The maximum Gasteiger partial charge on any atom is 0.245 e. The summed E-state index contributed by atoms with van der Waals surface area (Å²) in [5.74, 6) is 0. The van der Waals surface area contributed by atoms with Gasteiger partial charge < -0.3 is 5.11 Å². The van der Waals surface area contributed by atoms with Crippen molar-refractivity contribution in [1.29, 1.82) is 0 Å². The van der Waals surface area contributed by atoms with Crippen LogP contribution in [0.3, 0.4) is 0 Å². The van der Waals surface area contributed by atoms with Gasteiger partial charge in [0.15, 0.2) is 0 Å². The maximum atomic E-state index is 12.2. The third kappa shape index (κ3) is 8.30. The zero-order valence-corrected chi connectivity index (χ0v) is 20.3. The Labute approximate surface area is 194 Å². The number of nitrogens with zero attached hydrogens (tertiary/aromatic N) is 1. The fourth-order valence-corrected chi connectivity index (χ4v) is 3.69. The van der Waals surface area contributed by atoms with E-state index in [0.717, 1.165) is 31.2 Å². The molecule has 7 heteroatoms. The van der Waals surface area contributed by atoms with Gasteiger partial charge in [-0.3, -0.25) is 0 Å². The summed E-state index contributed by atoms with van der Waals surface area (Å²) < 4.78 is 25.5. The molecule has 0 spiro atoms. The van der Waals surface area contributed by atoms with Gasteiger partial charge in [0.1, 0.15) is 0 Å². The first-order valence-corrected chi connectivity index (χ1v) is 11.2. The summed E-state index contributed by atoms with van der Waals surface area (Å²) in [7, 11) is -3.46. The maximum absolute atomic E-state index is 12.2. The summed E-state index contributed by atoms with van der Waals surface area (Å²) in [6.07, 6.45) is 5.02. The summed E-state index contributed by atoms with van der Waals surface area (Å²) >= 11 is 0. The van der Waals surface area contributed by atoms with Crippen molar-refractivity contribution in [1.82, 2.24) is 5.43 Å². The number of hydrogen-bond donors (Lipinski definition) is 2. The quantitative estimate of drug-likeness (QED) is 0.294. The molecule has 1 atom stereocenters. The van der Waals surface area contributed by atoms with Crippen molar-refractivity contribution in [2.45, 2.75) is 45.1 Å². The zero-order valence-electron chi connectivity index (χ0n) is 16.6. The minimum absolute atomic E-state index is 0. The molecule has 2 aromatic carbocycles. The van der Waals surface area contributed by atoms with Gasteiger partial charge in [0.25, 0.3) is 0 Å². The molecular weight excluding hydrogens is 449 g/mol. The van der Waals surface area contributed by atoms with Crippen molar-refractivity contribution >= 4 is 15.7 Å². The molecule has 5 nitrogen and oxygen atoms in total. The van der Waals surface area contributed by atoms with E-state index < -0.39 is 16.1 Å². The van der Waals surface area contributed by atoms with Gasteiger partial charge in [0, 0.05) is 39.3 Å². The van der Waals surface area contributed by atoms with Crippen LogP contribution in [0.4, 0.5) is 5.69 Å². The largest absolute Gasteiger partial charge is 0.388 e. The second-order valence-electron chi connectivity index (χ2n) is 6.70. The number of unbranched alkanes of at least 4 members (excludes halogenated alkanes) is 1. The third-order valence-corrected chi connectivity index (χ3v) is 5.35. The number of hydrogen-bond acceptors (Lipinski definition) is 4. The van der Waals surface area contributed by atoms with E-state index in [0.29, 0.717) is 18.7 Å². The first kappa shape index (κ1) is 25.3. The van der Waals surface area contributed by atoms with Crippen LogP contribution in [-0.2, 0) is 49.2 Å². The summed E-state index contributed by atoms with van der Waals surface area (Å²) in [5, 5.41) is 10.2. The first-order valence-electron chi connectivity index (χ1n) is 9.38. The molecule has 0 saturated carbocycles. The molecule has 0 aliphatic heterocycles. The Hall–Kier alpha value is -0.786. The third-order valence-electron chi connectivity index (χ3n) is 4.34. The number of benzene rings is 2. The van der Waals surface area contributed by atoms with Crippen LogP contribution in [-0.4, -0.2) is 26.3 Å². The van der Waals surface area contributed by atoms with Crippen LogP contribution in [0.1, 0.15) is 49.8 Å². The number of sulfonamides is 1. The van der Waals surface area contributed by atoms with Crippen molar-refractivity contribution in [2.75, 3.05) is 17.2 Å². The van der Waals surface area contributed by atoms with Crippen molar-refractivity contribution in [3.8, 4) is 0 Å². The van der Waals surface area contributed by atoms with E-state index in [9.17, 15) is 13.5 Å². The molecule has 151 valence electrons. The number of aryl methyl sites for hydroxylation is 1. The molecule has 0 heterocycles. The van der Waals surface area contributed by atoms with Crippen LogP contribution in [0.15, 0.2) is 48.5 Å². The second-order valence-corrected chi connectivity index (χ2v) is 8.53. The zero-order chi connectivity index (χ0) is 19.7. The Morgan fingerprint density at radius 3 is 2.46 bits per heavy atom. The van der Waals surface area contributed by atoms with Gasteiger partial charge in [-0.05, 0) is 30.5 Å². The van der Waals surface area contributed by atoms with E-state index in [1.54, 1.807) is 24.3 Å². The Morgan fingerprint density at radius 1 is 1.18 bits per heavy atom. The predicted octanol–water partition coefficient (Wildman–Crippen LogP) is 3.61. The molecule has 2 rings (SSSR count). The van der Waals surface area contributed by atoms with Gasteiger partial charge in [-0.25, -0.2) is 18.3 Å². The summed E-state index contributed by atoms with van der Waals surface area (Å²) in [6, 6.07) is 17.8. The average Bonchev–Trinajstić information content (AvgIpc) is 2.66. The number of aliphatic hydroxyl groups excluding tert-OH is 1. The minimum Gasteiger partial charge on any atom is -0.388 e. The van der Waals surface area contributed by atoms with E-state index in [-0.39, 0.29) is 32.7 Å². The van der Waals surface area contributed by atoms with Crippen LogP contribution in [0.2, 0.25) is 0 Å². The Morgan fingerprint density at radius 2 is 1.89 bits per heavy atom. The van der Waals surface area contributed by atoms with Crippen LogP contribution in [0.5, 0.6) is 0 Å². The van der Waals surface area contributed by atoms with Gasteiger partial charge in [0.2, 0.25) is 10.0 Å². The minimum atomic E-state index is -3.46. The van der Waals surface area contributed by atoms with Crippen molar-refractivity contribution in [2.24, 2.45) is 0 Å². The number of rotatable bonds is 11. The molecule has 0 aliphatic rings. The number of anilines is 1. The summed E-state index contributed by atoms with van der Waals surface area (Å²) in [4.78, 5) is 0. The van der Waals surface area contributed by atoms with Gasteiger partial charge in [-0.1, -0.05) is 38.3 Å². The van der Waals surface area contributed by atoms with E-state index in [2.05, 4.69) is 18.4 Å². The molecule has 0 aliphatic carbocycles. The van der Waals surface area contributed by atoms with Gasteiger partial charge in [-0.15, -0.1) is 0 Å². The Balaban J connectivity index is 0.00000392. The fourth-order valence-electron chi connectivity index (χ4n) is 2.86. The Kier molecular flexibility index (Phi) is 11.5. The smallest absolute Gasteiger partial charge is 0.245 e. The molecule has 1 unspecified atom stereocenters. The summed E-state index contributed by atoms with van der Waals surface area (Å²) in [5.41, 5.74) is 5.52. The second kappa shape index (κ2) is 12.7. The van der Waals surface area contributed by atoms with Gasteiger partial charge in [-0.2, -0.15) is 35.9 Å². The standard InChI is InChI=1S/C21H29N2O3S.Y/c1-3-4-12-21(24)19-13-15-20(16-14-19)23(27(2,25)26)22-17-8-11-18-9-6-5-7-10-18;/h5-6,9-10,13-16,21-22,24H,3-4,8,11-12,17H2,1-2H3;/q-1;. The molecule has 1 radical (unpaired) electrons.